The molecule has 0 saturated heterocycles. The SMILES string of the molecule is CC/C=C\C/C=C\C/C=C\C/C=C\C/C=C\C/C=C\C/C=C\C/C=C\CCCCCCCCCCCCC(=O)OCC(COC(=O)CCCCCCCCCCCCCC)OC(=O)CCCCC/C=C\C/C=C\C/C=C\CC. The summed E-state index contributed by atoms with van der Waals surface area (Å²) < 4.78 is 16.8. The molecule has 0 spiro atoms. The molecule has 1 unspecified atom stereocenters. The average Bonchev–Trinajstić information content (AvgIpc) is 3.44. The Kier molecular flexibility index (Phi) is 61.4. The van der Waals surface area contributed by atoms with Gasteiger partial charge in [0.25, 0.3) is 0 Å². The summed E-state index contributed by atoms with van der Waals surface area (Å²) in [6, 6.07) is 0. The van der Waals surface area contributed by atoms with Crippen LogP contribution >= 0.6 is 0 Å². The molecule has 0 aliphatic heterocycles. The number of rotatable bonds is 57. The van der Waals surface area contributed by atoms with Crippen LogP contribution in [-0.4, -0.2) is 37.2 Å². The number of hydrogen-bond donors (Lipinski definition) is 0. The van der Waals surface area contributed by atoms with E-state index >= 15 is 0 Å². The molecule has 0 saturated carbocycles. The van der Waals surface area contributed by atoms with E-state index in [0.717, 1.165) is 141 Å². The summed E-state index contributed by atoms with van der Waals surface area (Å²) in [5.41, 5.74) is 0. The van der Waals surface area contributed by atoms with Crippen LogP contribution in [0.4, 0.5) is 0 Å². The zero-order valence-corrected chi connectivity index (χ0v) is 50.6. The van der Waals surface area contributed by atoms with Crippen LogP contribution < -0.4 is 0 Å². The highest BCUT2D eigenvalue weighted by molar-refractivity contribution is 5.71. The van der Waals surface area contributed by atoms with E-state index in [1.165, 1.54) is 103 Å². The highest BCUT2D eigenvalue weighted by Gasteiger charge is 2.19. The molecule has 0 aromatic carbocycles. The van der Waals surface area contributed by atoms with Crippen molar-refractivity contribution >= 4 is 17.9 Å². The van der Waals surface area contributed by atoms with Crippen molar-refractivity contribution in [2.75, 3.05) is 13.2 Å². The third kappa shape index (κ3) is 62.4. The fraction of sp³-hybridized carbons (Fsp3) is 0.653. The predicted molar refractivity (Wildman–Crippen MR) is 339 cm³/mol. The summed E-state index contributed by atoms with van der Waals surface area (Å²) in [5.74, 6) is -0.924. The number of allylic oxidation sites excluding steroid dienone is 22. The molecule has 0 amide bonds. The third-order valence-electron chi connectivity index (χ3n) is 13.4. The molecule has 0 fully saturated rings. The second-order valence-corrected chi connectivity index (χ2v) is 20.9. The first-order valence-corrected chi connectivity index (χ1v) is 32.2. The summed E-state index contributed by atoms with van der Waals surface area (Å²) in [6.45, 7) is 6.38. The van der Waals surface area contributed by atoms with Crippen molar-refractivity contribution < 1.29 is 28.6 Å². The van der Waals surface area contributed by atoms with E-state index in [0.29, 0.717) is 19.3 Å². The van der Waals surface area contributed by atoms with Crippen LogP contribution in [0.15, 0.2) is 134 Å². The van der Waals surface area contributed by atoms with Gasteiger partial charge in [-0.3, -0.25) is 14.4 Å². The van der Waals surface area contributed by atoms with Crippen molar-refractivity contribution in [1.82, 2.24) is 0 Å². The smallest absolute Gasteiger partial charge is 0.306 e. The first-order chi connectivity index (χ1) is 38.5. The second kappa shape index (κ2) is 65.1. The standard InChI is InChI=1S/C72H118O6/c1-4-7-10-13-16-19-22-25-26-27-28-29-30-31-32-33-34-35-36-37-38-39-40-41-42-43-44-45-46-48-50-53-56-59-62-65-71(74)77-68-69(67-76-70(73)64-61-58-55-52-49-24-21-18-15-12-9-6-3)78-72(75)66-63-60-57-54-51-47-23-20-17-14-11-8-5-2/h7-8,10-11,16-17,19-20,25-26,28-29,31-32,34-35,37-38,40-41,47,51,69H,4-6,9,12-15,18,21-24,27,30,33,36,39,42-46,48-50,52-68H2,1-3H3/b10-7-,11-8-,19-16-,20-17-,26-25-,29-28-,32-31-,35-34-,38-37-,41-40-,51-47-. The van der Waals surface area contributed by atoms with Gasteiger partial charge in [-0.25, -0.2) is 0 Å². The van der Waals surface area contributed by atoms with E-state index in [-0.39, 0.29) is 31.1 Å². The van der Waals surface area contributed by atoms with Crippen LogP contribution in [-0.2, 0) is 28.6 Å². The Bertz CT molecular complexity index is 1670. The van der Waals surface area contributed by atoms with Gasteiger partial charge in [0, 0.05) is 19.3 Å². The monoisotopic (exact) mass is 1080 g/mol. The molecule has 78 heavy (non-hydrogen) atoms. The Morgan fingerprint density at radius 2 is 0.500 bits per heavy atom. The largest absolute Gasteiger partial charge is 0.462 e. The molecule has 6 nitrogen and oxygen atoms in total. The molecule has 0 aliphatic carbocycles. The van der Waals surface area contributed by atoms with E-state index in [9.17, 15) is 14.4 Å². The molecule has 0 aliphatic rings. The first kappa shape index (κ1) is 73.5. The molecule has 0 heterocycles. The first-order valence-electron chi connectivity index (χ1n) is 32.2. The van der Waals surface area contributed by atoms with Crippen LogP contribution in [0.25, 0.3) is 0 Å². The lowest BCUT2D eigenvalue weighted by molar-refractivity contribution is -0.167. The highest BCUT2D eigenvalue weighted by Crippen LogP contribution is 2.15. The van der Waals surface area contributed by atoms with Crippen LogP contribution in [0.2, 0.25) is 0 Å². The minimum atomic E-state index is -0.796. The Balaban J connectivity index is 4.19. The summed E-state index contributed by atoms with van der Waals surface area (Å²) in [4.78, 5) is 38.2. The van der Waals surface area contributed by atoms with Crippen molar-refractivity contribution in [3.05, 3.63) is 134 Å². The fourth-order valence-electron chi connectivity index (χ4n) is 8.65. The van der Waals surface area contributed by atoms with Crippen molar-refractivity contribution in [3.8, 4) is 0 Å². The van der Waals surface area contributed by atoms with Crippen LogP contribution in [0.5, 0.6) is 0 Å². The highest BCUT2D eigenvalue weighted by atomic mass is 16.6. The lowest BCUT2D eigenvalue weighted by Crippen LogP contribution is -2.30. The Hall–Kier alpha value is -4.45. The lowest BCUT2D eigenvalue weighted by atomic mass is 10.0. The number of ether oxygens (including phenoxy) is 3. The zero-order chi connectivity index (χ0) is 56.4. The van der Waals surface area contributed by atoms with E-state index in [4.69, 9.17) is 14.2 Å². The molecule has 1 atom stereocenters. The predicted octanol–water partition coefficient (Wildman–Crippen LogP) is 22.2. The maximum Gasteiger partial charge on any atom is 0.306 e. The molecule has 0 radical (unpaired) electrons. The summed E-state index contributed by atoms with van der Waals surface area (Å²) in [7, 11) is 0. The van der Waals surface area contributed by atoms with Crippen LogP contribution in [0.3, 0.4) is 0 Å². The fourth-order valence-corrected chi connectivity index (χ4v) is 8.65. The number of carbonyl (C=O) groups excluding carboxylic acids is 3. The molecule has 6 heteroatoms. The van der Waals surface area contributed by atoms with Gasteiger partial charge in [-0.15, -0.1) is 0 Å². The van der Waals surface area contributed by atoms with E-state index in [1.807, 2.05) is 0 Å². The topological polar surface area (TPSA) is 78.9 Å². The number of carbonyl (C=O) groups is 3. The van der Waals surface area contributed by atoms with Crippen molar-refractivity contribution in [2.45, 2.75) is 290 Å². The molecule has 0 rings (SSSR count). The molecule has 0 aromatic rings. The van der Waals surface area contributed by atoms with E-state index < -0.39 is 6.10 Å². The molecule has 0 bridgehead atoms. The second-order valence-electron chi connectivity index (χ2n) is 20.9. The van der Waals surface area contributed by atoms with Gasteiger partial charge in [0.2, 0.25) is 0 Å². The molecule has 0 aromatic heterocycles. The van der Waals surface area contributed by atoms with Gasteiger partial charge < -0.3 is 14.2 Å². The van der Waals surface area contributed by atoms with E-state index in [2.05, 4.69) is 154 Å². The van der Waals surface area contributed by atoms with Gasteiger partial charge in [0.1, 0.15) is 13.2 Å². The van der Waals surface area contributed by atoms with Gasteiger partial charge in [-0.2, -0.15) is 0 Å². The van der Waals surface area contributed by atoms with Crippen LogP contribution in [0, 0.1) is 0 Å². The average molecular weight is 1080 g/mol. The Morgan fingerprint density at radius 1 is 0.269 bits per heavy atom. The van der Waals surface area contributed by atoms with Gasteiger partial charge in [-0.05, 0) is 116 Å². The third-order valence-corrected chi connectivity index (χ3v) is 13.4. The zero-order valence-electron chi connectivity index (χ0n) is 50.6. The Labute approximate surface area is 481 Å². The summed E-state index contributed by atoms with van der Waals surface area (Å²) >= 11 is 0. The number of hydrogen-bond acceptors (Lipinski definition) is 6. The van der Waals surface area contributed by atoms with Crippen molar-refractivity contribution in [1.29, 1.82) is 0 Å². The van der Waals surface area contributed by atoms with E-state index in [1.54, 1.807) is 0 Å². The number of esters is 3. The molecular weight excluding hydrogens is 961 g/mol. The van der Waals surface area contributed by atoms with Gasteiger partial charge in [0.15, 0.2) is 6.10 Å². The lowest BCUT2D eigenvalue weighted by Gasteiger charge is -2.18. The number of unbranched alkanes of at least 4 members (excludes halogenated alkanes) is 24. The van der Waals surface area contributed by atoms with Gasteiger partial charge in [0.05, 0.1) is 0 Å². The van der Waals surface area contributed by atoms with Crippen LogP contribution in [0.1, 0.15) is 284 Å². The van der Waals surface area contributed by atoms with Gasteiger partial charge >= 0.3 is 17.9 Å². The Morgan fingerprint density at radius 3 is 0.795 bits per heavy atom. The maximum atomic E-state index is 12.8. The molecular formula is C72H118O6. The van der Waals surface area contributed by atoms with Gasteiger partial charge in [-0.1, -0.05) is 283 Å². The van der Waals surface area contributed by atoms with Crippen molar-refractivity contribution in [2.24, 2.45) is 0 Å². The normalized spacial score (nSPS) is 13.0. The quantitative estimate of drug-likeness (QED) is 0.0261. The van der Waals surface area contributed by atoms with Crippen molar-refractivity contribution in [3.63, 3.8) is 0 Å². The maximum absolute atomic E-state index is 12.8. The minimum Gasteiger partial charge on any atom is -0.462 e. The minimum absolute atomic E-state index is 0.0909. The molecule has 0 N–H and O–H groups in total. The summed E-state index contributed by atoms with van der Waals surface area (Å²) in [5, 5.41) is 0. The summed E-state index contributed by atoms with van der Waals surface area (Å²) in [6.07, 6.45) is 91.9. The molecule has 442 valence electrons.